The fourth-order valence-electron chi connectivity index (χ4n) is 9.32. The normalized spacial score (nSPS) is 16.9. The van der Waals surface area contributed by atoms with E-state index >= 15 is 0 Å². The first kappa shape index (κ1) is 32.6. The van der Waals surface area contributed by atoms with Crippen LogP contribution in [-0.2, 0) is 16.2 Å². The van der Waals surface area contributed by atoms with Crippen molar-refractivity contribution in [2.75, 3.05) is 9.80 Å². The lowest BCUT2D eigenvalue weighted by molar-refractivity contribution is 0.332. The van der Waals surface area contributed by atoms with Gasteiger partial charge in [-0.2, -0.15) is 0 Å². The van der Waals surface area contributed by atoms with E-state index in [2.05, 4.69) is 170 Å². The summed E-state index contributed by atoms with van der Waals surface area (Å²) in [5, 5.41) is 1.34. The van der Waals surface area contributed by atoms with Crippen LogP contribution in [0.3, 0.4) is 0 Å². The van der Waals surface area contributed by atoms with Crippen molar-refractivity contribution < 1.29 is 0 Å². The van der Waals surface area contributed by atoms with Gasteiger partial charge in [0.15, 0.2) is 0 Å². The molecule has 9 rings (SSSR count). The summed E-state index contributed by atoms with van der Waals surface area (Å²) in [5.41, 5.74) is 19.2. The Morgan fingerprint density at radius 3 is 1.96 bits per heavy atom. The van der Waals surface area contributed by atoms with Gasteiger partial charge in [0, 0.05) is 43.3 Å². The van der Waals surface area contributed by atoms with E-state index in [4.69, 9.17) is 0 Å². The average molecular weight is 685 g/mol. The van der Waals surface area contributed by atoms with Crippen molar-refractivity contribution in [3.63, 3.8) is 0 Å². The Balaban J connectivity index is 1.42. The number of benzene rings is 5. The maximum Gasteiger partial charge on any atom is 0.264 e. The van der Waals surface area contributed by atoms with Gasteiger partial charge in [-0.15, -0.1) is 11.3 Å². The average Bonchev–Trinajstić information content (AvgIpc) is 3.45. The van der Waals surface area contributed by atoms with Gasteiger partial charge in [0.05, 0.1) is 5.69 Å². The first-order chi connectivity index (χ1) is 24.1. The van der Waals surface area contributed by atoms with Gasteiger partial charge in [0.1, 0.15) is 0 Å². The van der Waals surface area contributed by atoms with Gasteiger partial charge in [-0.05, 0) is 131 Å². The third-order valence-corrected chi connectivity index (χ3v) is 13.5. The van der Waals surface area contributed by atoms with Crippen LogP contribution in [0.1, 0.15) is 94.7 Å². The highest BCUT2D eigenvalue weighted by atomic mass is 32.1. The second-order valence-electron chi connectivity index (χ2n) is 17.9. The predicted octanol–water partition coefficient (Wildman–Crippen LogP) is 11.6. The third kappa shape index (κ3) is 4.82. The van der Waals surface area contributed by atoms with E-state index in [0.717, 1.165) is 0 Å². The van der Waals surface area contributed by atoms with Crippen molar-refractivity contribution in [2.24, 2.45) is 0 Å². The molecule has 3 heterocycles. The highest BCUT2D eigenvalue weighted by molar-refractivity contribution is 7.33. The smallest absolute Gasteiger partial charge is 0.264 e. The molecular formula is C47H49BN2S. The van der Waals surface area contributed by atoms with Crippen molar-refractivity contribution in [1.29, 1.82) is 0 Å². The molecule has 51 heavy (non-hydrogen) atoms. The van der Waals surface area contributed by atoms with Crippen LogP contribution in [0.5, 0.6) is 0 Å². The Labute approximate surface area is 309 Å². The van der Waals surface area contributed by atoms with E-state index < -0.39 is 0 Å². The summed E-state index contributed by atoms with van der Waals surface area (Å²) in [6.07, 6.45) is 2.40. The summed E-state index contributed by atoms with van der Waals surface area (Å²) in [5.74, 6) is 0. The predicted molar refractivity (Wildman–Crippen MR) is 224 cm³/mol. The van der Waals surface area contributed by atoms with Crippen molar-refractivity contribution in [3.05, 3.63) is 124 Å². The van der Waals surface area contributed by atoms with Crippen LogP contribution in [0.15, 0.2) is 91.0 Å². The molecule has 0 fully saturated rings. The van der Waals surface area contributed by atoms with Gasteiger partial charge in [0.2, 0.25) is 0 Å². The SMILES string of the molecule is Cc1ccc(N2c3cc4c(cc3B3c5sc6ccccc6c5N(c5ccc(C(C)(C)C)cc5)c5cc(C)cc2c53)C(C)(C)CCC4(C)C)c(C)c1. The van der Waals surface area contributed by atoms with Crippen LogP contribution in [0.4, 0.5) is 34.1 Å². The summed E-state index contributed by atoms with van der Waals surface area (Å²) in [7, 11) is 0. The second-order valence-corrected chi connectivity index (χ2v) is 19.0. The number of nitrogens with zero attached hydrogens (tertiary/aromatic N) is 2. The molecule has 3 aliphatic rings. The van der Waals surface area contributed by atoms with Gasteiger partial charge < -0.3 is 9.80 Å². The molecule has 4 heteroatoms. The molecule has 6 aromatic rings. The van der Waals surface area contributed by atoms with Gasteiger partial charge in [-0.3, -0.25) is 0 Å². The molecule has 0 bridgehead atoms. The summed E-state index contributed by atoms with van der Waals surface area (Å²) in [4.78, 5) is 5.23. The molecule has 2 aliphatic heterocycles. The molecule has 0 radical (unpaired) electrons. The van der Waals surface area contributed by atoms with E-state index in [-0.39, 0.29) is 23.0 Å². The highest BCUT2D eigenvalue weighted by Gasteiger charge is 2.47. The molecule has 0 unspecified atom stereocenters. The molecule has 1 aliphatic carbocycles. The van der Waals surface area contributed by atoms with E-state index in [1.54, 1.807) is 0 Å². The van der Waals surface area contributed by atoms with E-state index in [9.17, 15) is 0 Å². The Bertz CT molecular complexity index is 2400. The zero-order valence-corrected chi connectivity index (χ0v) is 32.8. The summed E-state index contributed by atoms with van der Waals surface area (Å²) in [6.45, 7) is 23.7. The van der Waals surface area contributed by atoms with Crippen LogP contribution in [0, 0.1) is 20.8 Å². The fourth-order valence-corrected chi connectivity index (χ4v) is 10.6. The quantitative estimate of drug-likeness (QED) is 0.167. The number of rotatable bonds is 2. The number of hydrogen-bond donors (Lipinski definition) is 0. The van der Waals surface area contributed by atoms with E-state index in [0.29, 0.717) is 0 Å². The summed E-state index contributed by atoms with van der Waals surface area (Å²) < 4.78 is 2.80. The largest absolute Gasteiger partial charge is 0.311 e. The van der Waals surface area contributed by atoms with Crippen LogP contribution in [0.2, 0.25) is 0 Å². The molecule has 0 saturated carbocycles. The minimum Gasteiger partial charge on any atom is -0.311 e. The lowest BCUT2D eigenvalue weighted by atomic mass is 9.35. The van der Waals surface area contributed by atoms with E-state index in [1.807, 2.05) is 11.3 Å². The molecule has 256 valence electrons. The fraction of sp³-hybridized carbons (Fsp3) is 0.319. The van der Waals surface area contributed by atoms with Gasteiger partial charge in [0.25, 0.3) is 6.71 Å². The van der Waals surface area contributed by atoms with Crippen LogP contribution >= 0.6 is 11.3 Å². The maximum absolute atomic E-state index is 2.65. The Morgan fingerprint density at radius 1 is 0.647 bits per heavy atom. The summed E-state index contributed by atoms with van der Waals surface area (Å²) >= 11 is 1.99. The lowest BCUT2D eigenvalue weighted by Crippen LogP contribution is -2.61. The van der Waals surface area contributed by atoms with Crippen LogP contribution < -0.4 is 25.5 Å². The molecule has 0 amide bonds. The van der Waals surface area contributed by atoms with Crippen LogP contribution in [0.25, 0.3) is 10.1 Å². The number of aryl methyl sites for hydroxylation is 3. The highest BCUT2D eigenvalue weighted by Crippen LogP contribution is 2.52. The van der Waals surface area contributed by atoms with Crippen molar-refractivity contribution >= 4 is 78.0 Å². The van der Waals surface area contributed by atoms with Crippen molar-refractivity contribution in [2.45, 2.75) is 98.3 Å². The Hall–Kier alpha value is -4.28. The molecule has 2 nitrogen and oxygen atoms in total. The van der Waals surface area contributed by atoms with Gasteiger partial charge in [-0.1, -0.05) is 103 Å². The topological polar surface area (TPSA) is 6.48 Å². The third-order valence-electron chi connectivity index (χ3n) is 12.3. The van der Waals surface area contributed by atoms with Gasteiger partial charge in [-0.25, -0.2) is 0 Å². The standard InChI is InChI=1S/C47H49BN2S/c1-28-15-20-37(30(3)23-28)50-38-27-35-34(46(7,8)21-22-47(35,9)10)26-36(38)48-42-39(24-29(2)25-40(42)50)49(32-18-16-31(17-19-32)45(4,5)6)43-33-13-11-12-14-41(33)51-44(43)48/h11-20,23-27H,21-22H2,1-10H3. The second kappa shape index (κ2) is 10.9. The maximum atomic E-state index is 2.65. The lowest BCUT2D eigenvalue weighted by Gasteiger charge is -2.47. The zero-order valence-electron chi connectivity index (χ0n) is 32.0. The van der Waals surface area contributed by atoms with Gasteiger partial charge >= 0.3 is 0 Å². The minimum atomic E-state index is 0.0891. The molecule has 5 aromatic carbocycles. The monoisotopic (exact) mass is 684 g/mol. The number of anilines is 6. The van der Waals surface area contributed by atoms with Crippen molar-refractivity contribution in [1.82, 2.24) is 0 Å². The first-order valence-electron chi connectivity index (χ1n) is 18.8. The van der Waals surface area contributed by atoms with Crippen LogP contribution in [-0.4, -0.2) is 6.71 Å². The molecule has 0 saturated heterocycles. The molecule has 0 spiro atoms. The minimum absolute atomic E-state index is 0.0891. The Kier molecular flexibility index (Phi) is 6.95. The first-order valence-corrected chi connectivity index (χ1v) is 19.6. The molecule has 0 N–H and O–H groups in total. The number of thiophene rings is 1. The Morgan fingerprint density at radius 2 is 1.29 bits per heavy atom. The number of fused-ring (bicyclic) bond motifs is 7. The molecule has 1 aromatic heterocycles. The summed E-state index contributed by atoms with van der Waals surface area (Å²) in [6, 6.07) is 35.6. The zero-order chi connectivity index (χ0) is 35.8. The van der Waals surface area contributed by atoms with E-state index in [1.165, 1.54) is 106 Å². The number of hydrogen-bond acceptors (Lipinski definition) is 3. The molecule has 0 atom stereocenters. The molecular weight excluding hydrogens is 635 g/mol. The van der Waals surface area contributed by atoms with Crippen molar-refractivity contribution in [3.8, 4) is 0 Å².